The maximum Gasteiger partial charge on any atom is 0.325 e. The third-order valence-corrected chi connectivity index (χ3v) is 2.74. The summed E-state index contributed by atoms with van der Waals surface area (Å²) in [4.78, 5) is 28.8. The SMILES string of the molecule is CCOC(=O)CN(CC)C(=O)CCc1ccncc1. The minimum absolute atomic E-state index is 0.0273. The smallest absolute Gasteiger partial charge is 0.325 e. The minimum atomic E-state index is -0.360. The molecule has 0 saturated carbocycles. The molecule has 5 nitrogen and oxygen atoms in total. The third kappa shape index (κ3) is 5.50. The van der Waals surface area contributed by atoms with Crippen LogP contribution in [0.4, 0.5) is 0 Å². The van der Waals surface area contributed by atoms with Gasteiger partial charge in [0.2, 0.25) is 5.91 Å². The number of carbonyl (C=O) groups excluding carboxylic acids is 2. The normalized spacial score (nSPS) is 10.0. The van der Waals surface area contributed by atoms with Gasteiger partial charge in [0.05, 0.1) is 6.61 Å². The Morgan fingerprint density at radius 3 is 2.53 bits per heavy atom. The summed E-state index contributed by atoms with van der Waals surface area (Å²) >= 11 is 0. The molecule has 0 fully saturated rings. The Morgan fingerprint density at radius 1 is 1.26 bits per heavy atom. The molecule has 1 amide bonds. The first kappa shape index (κ1) is 15.1. The molecule has 0 N–H and O–H groups in total. The zero-order valence-corrected chi connectivity index (χ0v) is 11.5. The molecule has 0 aliphatic rings. The highest BCUT2D eigenvalue weighted by Crippen LogP contribution is 2.04. The number of rotatable bonds is 7. The third-order valence-electron chi connectivity index (χ3n) is 2.74. The van der Waals surface area contributed by atoms with Crippen LogP contribution in [0.5, 0.6) is 0 Å². The molecule has 0 spiro atoms. The molecule has 0 aliphatic carbocycles. The van der Waals surface area contributed by atoms with Crippen molar-refractivity contribution in [1.29, 1.82) is 0 Å². The van der Waals surface area contributed by atoms with Gasteiger partial charge in [0, 0.05) is 25.4 Å². The van der Waals surface area contributed by atoms with Crippen molar-refractivity contribution in [3.8, 4) is 0 Å². The van der Waals surface area contributed by atoms with Crippen LogP contribution < -0.4 is 0 Å². The van der Waals surface area contributed by atoms with Crippen molar-refractivity contribution in [1.82, 2.24) is 9.88 Å². The molecular formula is C14H20N2O3. The lowest BCUT2D eigenvalue weighted by atomic mass is 10.1. The van der Waals surface area contributed by atoms with Crippen LogP contribution in [0.1, 0.15) is 25.8 Å². The van der Waals surface area contributed by atoms with Crippen molar-refractivity contribution in [3.05, 3.63) is 30.1 Å². The molecule has 0 radical (unpaired) electrons. The Kier molecular flexibility index (Phi) is 6.57. The lowest BCUT2D eigenvalue weighted by Crippen LogP contribution is -2.36. The second-order valence-electron chi connectivity index (χ2n) is 4.07. The van der Waals surface area contributed by atoms with Gasteiger partial charge in [0.1, 0.15) is 6.54 Å². The van der Waals surface area contributed by atoms with Gasteiger partial charge in [0.25, 0.3) is 0 Å². The summed E-state index contributed by atoms with van der Waals surface area (Å²) in [6.07, 6.45) is 4.45. The van der Waals surface area contributed by atoms with Crippen LogP contribution in [0.25, 0.3) is 0 Å². The Hall–Kier alpha value is -1.91. The second-order valence-corrected chi connectivity index (χ2v) is 4.07. The first-order valence-electron chi connectivity index (χ1n) is 6.49. The number of likely N-dealkylation sites (N-methyl/N-ethyl adjacent to an activating group) is 1. The van der Waals surface area contributed by atoms with E-state index in [1.54, 1.807) is 19.3 Å². The van der Waals surface area contributed by atoms with Gasteiger partial charge in [-0.3, -0.25) is 14.6 Å². The topological polar surface area (TPSA) is 59.5 Å². The fourth-order valence-corrected chi connectivity index (χ4v) is 1.70. The van der Waals surface area contributed by atoms with E-state index in [1.807, 2.05) is 19.1 Å². The first-order chi connectivity index (χ1) is 9.17. The van der Waals surface area contributed by atoms with Gasteiger partial charge < -0.3 is 9.64 Å². The minimum Gasteiger partial charge on any atom is -0.465 e. The standard InChI is InChI=1S/C14H20N2O3/c1-3-16(11-14(18)19-4-2)13(17)6-5-12-7-9-15-10-8-12/h7-10H,3-6,11H2,1-2H3. The Morgan fingerprint density at radius 2 is 1.95 bits per heavy atom. The highest BCUT2D eigenvalue weighted by Gasteiger charge is 2.15. The van der Waals surface area contributed by atoms with E-state index in [-0.39, 0.29) is 18.4 Å². The number of hydrogen-bond acceptors (Lipinski definition) is 4. The van der Waals surface area contributed by atoms with E-state index in [0.29, 0.717) is 26.0 Å². The number of pyridine rings is 1. The number of esters is 1. The van der Waals surface area contributed by atoms with Gasteiger partial charge in [-0.05, 0) is 38.0 Å². The van der Waals surface area contributed by atoms with Crippen LogP contribution in [0.15, 0.2) is 24.5 Å². The summed E-state index contributed by atoms with van der Waals surface area (Å²) in [5.41, 5.74) is 1.07. The molecule has 0 bridgehead atoms. The molecule has 5 heteroatoms. The molecule has 19 heavy (non-hydrogen) atoms. The number of hydrogen-bond donors (Lipinski definition) is 0. The van der Waals surface area contributed by atoms with Crippen LogP contribution in [-0.2, 0) is 20.7 Å². The van der Waals surface area contributed by atoms with E-state index >= 15 is 0 Å². The summed E-state index contributed by atoms with van der Waals surface area (Å²) < 4.78 is 4.85. The van der Waals surface area contributed by atoms with Gasteiger partial charge >= 0.3 is 5.97 Å². The monoisotopic (exact) mass is 264 g/mol. The zero-order valence-electron chi connectivity index (χ0n) is 11.5. The molecule has 0 unspecified atom stereocenters. The summed E-state index contributed by atoms with van der Waals surface area (Å²) in [6, 6.07) is 3.77. The van der Waals surface area contributed by atoms with Crippen molar-refractivity contribution in [2.45, 2.75) is 26.7 Å². The lowest BCUT2D eigenvalue weighted by Gasteiger charge is -2.19. The molecule has 1 aromatic rings. The number of aryl methyl sites for hydroxylation is 1. The predicted molar refractivity (Wildman–Crippen MR) is 71.4 cm³/mol. The van der Waals surface area contributed by atoms with Crippen LogP contribution in [-0.4, -0.2) is 41.5 Å². The van der Waals surface area contributed by atoms with Gasteiger partial charge in [-0.1, -0.05) is 0 Å². The Balaban J connectivity index is 2.43. The molecule has 0 saturated heterocycles. The molecule has 1 rings (SSSR count). The lowest BCUT2D eigenvalue weighted by molar-refractivity contribution is -0.148. The number of nitrogens with zero attached hydrogens (tertiary/aromatic N) is 2. The van der Waals surface area contributed by atoms with Gasteiger partial charge in [-0.15, -0.1) is 0 Å². The van der Waals surface area contributed by atoms with Gasteiger partial charge in [-0.2, -0.15) is 0 Å². The van der Waals surface area contributed by atoms with Crippen molar-refractivity contribution in [2.75, 3.05) is 19.7 Å². The van der Waals surface area contributed by atoms with E-state index in [1.165, 1.54) is 4.90 Å². The van der Waals surface area contributed by atoms with Crippen LogP contribution in [0, 0.1) is 0 Å². The highest BCUT2D eigenvalue weighted by molar-refractivity contribution is 5.82. The first-order valence-corrected chi connectivity index (χ1v) is 6.49. The molecule has 1 aromatic heterocycles. The average molecular weight is 264 g/mol. The summed E-state index contributed by atoms with van der Waals surface area (Å²) in [7, 11) is 0. The number of aromatic nitrogens is 1. The largest absolute Gasteiger partial charge is 0.465 e. The molecule has 104 valence electrons. The van der Waals surface area contributed by atoms with Crippen LogP contribution >= 0.6 is 0 Å². The highest BCUT2D eigenvalue weighted by atomic mass is 16.5. The molecular weight excluding hydrogens is 244 g/mol. The van der Waals surface area contributed by atoms with Crippen LogP contribution in [0.3, 0.4) is 0 Å². The molecule has 0 aromatic carbocycles. The van der Waals surface area contributed by atoms with Crippen molar-refractivity contribution in [3.63, 3.8) is 0 Å². The average Bonchev–Trinajstić information content (AvgIpc) is 2.43. The fraction of sp³-hybridized carbons (Fsp3) is 0.500. The van der Waals surface area contributed by atoms with E-state index < -0.39 is 0 Å². The van der Waals surface area contributed by atoms with Gasteiger partial charge in [0.15, 0.2) is 0 Å². The predicted octanol–water partition coefficient (Wildman–Crippen LogP) is 1.43. The van der Waals surface area contributed by atoms with Crippen molar-refractivity contribution >= 4 is 11.9 Å². The Labute approximate surface area is 113 Å². The summed E-state index contributed by atoms with van der Waals surface area (Å²) in [5.74, 6) is -0.394. The second kappa shape index (κ2) is 8.24. The molecule has 0 atom stereocenters. The Bertz CT molecular complexity index is 406. The van der Waals surface area contributed by atoms with E-state index in [9.17, 15) is 9.59 Å². The number of amides is 1. The van der Waals surface area contributed by atoms with E-state index in [2.05, 4.69) is 4.98 Å². The van der Waals surface area contributed by atoms with Crippen LogP contribution in [0.2, 0.25) is 0 Å². The van der Waals surface area contributed by atoms with E-state index in [0.717, 1.165) is 5.56 Å². The molecule has 1 heterocycles. The van der Waals surface area contributed by atoms with Gasteiger partial charge in [-0.25, -0.2) is 0 Å². The van der Waals surface area contributed by atoms with Crippen molar-refractivity contribution < 1.29 is 14.3 Å². The maximum atomic E-state index is 12.0. The summed E-state index contributed by atoms with van der Waals surface area (Å²) in [6.45, 7) is 4.47. The van der Waals surface area contributed by atoms with E-state index in [4.69, 9.17) is 4.74 Å². The summed E-state index contributed by atoms with van der Waals surface area (Å²) in [5, 5.41) is 0. The molecule has 0 aliphatic heterocycles. The number of carbonyl (C=O) groups is 2. The quantitative estimate of drug-likeness (QED) is 0.699. The maximum absolute atomic E-state index is 12.0. The zero-order chi connectivity index (χ0) is 14.1. The fourth-order valence-electron chi connectivity index (χ4n) is 1.70. The number of ether oxygens (including phenoxy) is 1. The van der Waals surface area contributed by atoms with Crippen molar-refractivity contribution in [2.24, 2.45) is 0 Å².